The Morgan fingerprint density at radius 2 is 1.26 bits per heavy atom. The molecule has 34 heavy (non-hydrogen) atoms. The van der Waals surface area contributed by atoms with Gasteiger partial charge in [-0.1, -0.05) is 119 Å². The zero-order valence-electron chi connectivity index (χ0n) is 18.3. The third-order valence-electron chi connectivity index (χ3n) is 5.91. The van der Waals surface area contributed by atoms with Crippen LogP contribution in [0.1, 0.15) is 21.5 Å². The van der Waals surface area contributed by atoms with E-state index < -0.39 is 5.97 Å². The van der Waals surface area contributed by atoms with Gasteiger partial charge >= 0.3 is 5.97 Å². The van der Waals surface area contributed by atoms with Crippen LogP contribution in [-0.2, 0) is 0 Å². The van der Waals surface area contributed by atoms with Crippen LogP contribution >= 0.6 is 15.9 Å². The fourth-order valence-electron chi connectivity index (χ4n) is 4.19. The van der Waals surface area contributed by atoms with Gasteiger partial charge in [0.15, 0.2) is 0 Å². The van der Waals surface area contributed by atoms with Gasteiger partial charge in [0.1, 0.15) is 0 Å². The summed E-state index contributed by atoms with van der Waals surface area (Å²) >= 11 is 3.49. The quantitative estimate of drug-likeness (QED) is 0.242. The smallest absolute Gasteiger partial charge is 0.335 e. The molecule has 0 fully saturated rings. The highest BCUT2D eigenvalue weighted by atomic mass is 79.9. The van der Waals surface area contributed by atoms with Crippen LogP contribution in [-0.4, -0.2) is 11.1 Å². The predicted octanol–water partition coefficient (Wildman–Crippen LogP) is 8.80. The van der Waals surface area contributed by atoms with E-state index in [2.05, 4.69) is 101 Å². The highest BCUT2D eigenvalue weighted by molar-refractivity contribution is 9.10. The van der Waals surface area contributed by atoms with Gasteiger partial charge in [-0.05, 0) is 62.4 Å². The summed E-state index contributed by atoms with van der Waals surface area (Å²) in [5.41, 5.74) is 7.03. The van der Waals surface area contributed by atoms with Gasteiger partial charge in [0.2, 0.25) is 0 Å². The summed E-state index contributed by atoms with van der Waals surface area (Å²) in [4.78, 5) is 11.2. The minimum absolute atomic E-state index is 0.260. The summed E-state index contributed by atoms with van der Waals surface area (Å²) in [6.45, 7) is 0. The molecule has 0 radical (unpaired) electrons. The van der Waals surface area contributed by atoms with Crippen molar-refractivity contribution in [2.24, 2.45) is 0 Å². The monoisotopic (exact) mass is 504 g/mol. The van der Waals surface area contributed by atoms with E-state index in [9.17, 15) is 9.90 Å². The average Bonchev–Trinajstić information content (AvgIpc) is 2.88. The zero-order chi connectivity index (χ0) is 23.5. The maximum absolute atomic E-state index is 11.2. The Labute approximate surface area is 207 Å². The van der Waals surface area contributed by atoms with Crippen molar-refractivity contribution in [1.82, 2.24) is 0 Å². The van der Waals surface area contributed by atoms with Crippen LogP contribution < -0.4 is 0 Å². The van der Waals surface area contributed by atoms with Gasteiger partial charge in [0, 0.05) is 4.47 Å². The molecule has 0 aliphatic carbocycles. The molecule has 0 atom stereocenters. The Morgan fingerprint density at radius 3 is 1.85 bits per heavy atom. The molecule has 0 amide bonds. The van der Waals surface area contributed by atoms with Crippen LogP contribution in [0.3, 0.4) is 0 Å². The Balaban J connectivity index is 1.62. The minimum atomic E-state index is -0.937. The van der Waals surface area contributed by atoms with Crippen molar-refractivity contribution >= 4 is 44.8 Å². The van der Waals surface area contributed by atoms with Crippen LogP contribution in [0.2, 0.25) is 0 Å². The number of hydrogen-bond acceptors (Lipinski definition) is 1. The van der Waals surface area contributed by atoms with Crippen molar-refractivity contribution < 1.29 is 9.90 Å². The van der Waals surface area contributed by atoms with Crippen molar-refractivity contribution in [3.05, 3.63) is 130 Å². The lowest BCUT2D eigenvalue weighted by Crippen LogP contribution is -1.95. The number of hydrogen-bond donors (Lipinski definition) is 1. The first-order valence-corrected chi connectivity index (χ1v) is 11.8. The molecule has 0 saturated carbocycles. The fraction of sp³-hybridized carbons (Fsp3) is 0. The van der Waals surface area contributed by atoms with E-state index in [1.54, 1.807) is 12.1 Å². The molecule has 0 saturated heterocycles. The molecule has 5 aromatic rings. The Hall–Kier alpha value is -3.95. The van der Waals surface area contributed by atoms with Crippen molar-refractivity contribution in [2.75, 3.05) is 0 Å². The highest BCUT2D eigenvalue weighted by Gasteiger charge is 2.10. The van der Waals surface area contributed by atoms with Crippen LogP contribution in [0.5, 0.6) is 0 Å². The number of carbonyl (C=O) groups is 1. The number of carboxylic acids is 1. The van der Waals surface area contributed by atoms with E-state index in [4.69, 9.17) is 0 Å². The van der Waals surface area contributed by atoms with E-state index in [-0.39, 0.29) is 5.56 Å². The first kappa shape index (κ1) is 21.9. The fourth-order valence-corrected chi connectivity index (χ4v) is 4.70. The van der Waals surface area contributed by atoms with Crippen LogP contribution in [0.4, 0.5) is 0 Å². The van der Waals surface area contributed by atoms with E-state index in [0.717, 1.165) is 15.6 Å². The van der Waals surface area contributed by atoms with Gasteiger partial charge in [0.25, 0.3) is 0 Å². The second-order valence-corrected chi connectivity index (χ2v) is 8.93. The number of fused-ring (bicyclic) bond motifs is 1. The molecule has 1 N–H and O–H groups in total. The summed E-state index contributed by atoms with van der Waals surface area (Å²) in [5, 5.41) is 11.6. The van der Waals surface area contributed by atoms with Crippen LogP contribution in [0.25, 0.3) is 45.2 Å². The zero-order valence-corrected chi connectivity index (χ0v) is 19.9. The van der Waals surface area contributed by atoms with E-state index in [1.165, 1.54) is 33.0 Å². The summed E-state index contributed by atoms with van der Waals surface area (Å²) in [5.74, 6) is -0.937. The standard InChI is InChI=1S/C31H21BrO2/c32-30-20-25(31(33)34)15-14-24(30)13-11-21-12-16-28-26(22-7-3-1-4-8-22)17-18-27(29(28)19-21)23-9-5-2-6-10-23/h1-20H,(H,33,34)/b13-11+. The maximum atomic E-state index is 11.2. The topological polar surface area (TPSA) is 37.3 Å². The Morgan fingerprint density at radius 1 is 0.647 bits per heavy atom. The maximum Gasteiger partial charge on any atom is 0.335 e. The lowest BCUT2D eigenvalue weighted by atomic mass is 9.91. The van der Waals surface area contributed by atoms with Gasteiger partial charge in [0.05, 0.1) is 5.56 Å². The molecule has 0 unspecified atom stereocenters. The molecule has 2 nitrogen and oxygen atoms in total. The molecule has 0 spiro atoms. The SMILES string of the molecule is O=C(O)c1ccc(/C=C/c2ccc3c(-c4ccccc4)ccc(-c4ccccc4)c3c2)c(Br)c1. The van der Waals surface area contributed by atoms with Gasteiger partial charge in [-0.3, -0.25) is 0 Å². The minimum Gasteiger partial charge on any atom is -0.478 e. The molecular formula is C31H21BrO2. The molecule has 3 heteroatoms. The largest absolute Gasteiger partial charge is 0.478 e. The van der Waals surface area contributed by atoms with Gasteiger partial charge in [-0.25, -0.2) is 4.79 Å². The lowest BCUT2D eigenvalue weighted by Gasteiger charge is -2.13. The normalized spacial score (nSPS) is 11.2. The Kier molecular flexibility index (Phi) is 6.11. The number of benzene rings is 5. The van der Waals surface area contributed by atoms with E-state index in [0.29, 0.717) is 0 Å². The molecule has 0 aliphatic rings. The molecule has 0 bridgehead atoms. The first-order valence-electron chi connectivity index (χ1n) is 11.0. The number of carboxylic acid groups (broad SMARTS) is 1. The highest BCUT2D eigenvalue weighted by Crippen LogP contribution is 2.36. The first-order chi connectivity index (χ1) is 16.6. The van der Waals surface area contributed by atoms with Crippen LogP contribution in [0.15, 0.2) is 114 Å². The van der Waals surface area contributed by atoms with Gasteiger partial charge in [-0.15, -0.1) is 0 Å². The van der Waals surface area contributed by atoms with E-state index >= 15 is 0 Å². The average molecular weight is 505 g/mol. The third kappa shape index (κ3) is 4.43. The second kappa shape index (κ2) is 9.50. The second-order valence-electron chi connectivity index (χ2n) is 8.07. The molecule has 5 rings (SSSR count). The lowest BCUT2D eigenvalue weighted by molar-refractivity contribution is 0.0697. The number of halogens is 1. The summed E-state index contributed by atoms with van der Waals surface area (Å²) in [7, 11) is 0. The third-order valence-corrected chi connectivity index (χ3v) is 6.60. The molecule has 0 aliphatic heterocycles. The number of rotatable bonds is 5. The molecule has 5 aromatic carbocycles. The summed E-state index contributed by atoms with van der Waals surface area (Å²) in [6.07, 6.45) is 4.06. The molecular weight excluding hydrogens is 484 g/mol. The molecule has 0 heterocycles. The van der Waals surface area contributed by atoms with Crippen molar-refractivity contribution in [2.45, 2.75) is 0 Å². The van der Waals surface area contributed by atoms with Gasteiger partial charge < -0.3 is 5.11 Å². The van der Waals surface area contributed by atoms with Crippen molar-refractivity contribution in [1.29, 1.82) is 0 Å². The summed E-state index contributed by atoms with van der Waals surface area (Å²) in [6, 6.07) is 36.9. The van der Waals surface area contributed by atoms with Gasteiger partial charge in [-0.2, -0.15) is 0 Å². The predicted molar refractivity (Wildman–Crippen MR) is 145 cm³/mol. The van der Waals surface area contributed by atoms with Crippen LogP contribution in [0, 0.1) is 0 Å². The molecule has 0 aromatic heterocycles. The van der Waals surface area contributed by atoms with E-state index in [1.807, 2.05) is 24.3 Å². The van der Waals surface area contributed by atoms with Crippen molar-refractivity contribution in [3.8, 4) is 22.3 Å². The molecule has 164 valence electrons. The Bertz CT molecular complexity index is 1520. The number of aromatic carboxylic acids is 1. The summed E-state index contributed by atoms with van der Waals surface area (Å²) < 4.78 is 0.751. The van der Waals surface area contributed by atoms with Crippen molar-refractivity contribution in [3.63, 3.8) is 0 Å².